The molecule has 1 fully saturated rings. The maximum absolute atomic E-state index is 12.0. The van der Waals surface area contributed by atoms with E-state index in [9.17, 15) is 9.59 Å². The van der Waals surface area contributed by atoms with Crippen LogP contribution < -0.4 is 16.4 Å². The number of piperidine rings is 1. The zero-order chi connectivity index (χ0) is 18.2. The Morgan fingerprint density at radius 3 is 2.39 bits per heavy atom. The van der Waals surface area contributed by atoms with E-state index in [4.69, 9.17) is 5.73 Å². The molecule has 0 saturated carbocycles. The van der Waals surface area contributed by atoms with Crippen molar-refractivity contribution in [1.82, 2.24) is 20.5 Å². The monoisotopic (exact) mass is 455 g/mol. The highest BCUT2D eigenvalue weighted by molar-refractivity contribution is 5.87. The summed E-state index contributed by atoms with van der Waals surface area (Å²) < 4.78 is 0. The molecular weight excluding hydrogens is 425 g/mol. The van der Waals surface area contributed by atoms with Gasteiger partial charge in [0.25, 0.3) is 0 Å². The summed E-state index contributed by atoms with van der Waals surface area (Å²) in [7, 11) is 0. The normalized spacial score (nSPS) is 15.4. The quantitative estimate of drug-likeness (QED) is 0.578. The molecule has 0 unspecified atom stereocenters. The largest absolute Gasteiger partial charge is 0.352 e. The number of nitrogens with two attached hydrogens (primary N) is 1. The molecule has 162 valence electrons. The number of rotatable bonds is 7. The van der Waals surface area contributed by atoms with Crippen molar-refractivity contribution in [3.05, 3.63) is 30.1 Å². The highest BCUT2D eigenvalue weighted by atomic mass is 35.5. The Balaban J connectivity index is 0. The Hall–Kier alpha value is -1.12. The van der Waals surface area contributed by atoms with Crippen molar-refractivity contribution < 1.29 is 9.59 Å². The van der Waals surface area contributed by atoms with Crippen LogP contribution in [0.1, 0.15) is 32.4 Å². The van der Waals surface area contributed by atoms with Crippen LogP contribution >= 0.6 is 37.2 Å². The lowest BCUT2D eigenvalue weighted by Crippen LogP contribution is -2.50. The molecule has 1 atom stereocenters. The molecule has 0 radical (unpaired) electrons. The third-order valence-electron chi connectivity index (χ3n) is 4.51. The maximum atomic E-state index is 12.0. The van der Waals surface area contributed by atoms with E-state index >= 15 is 0 Å². The number of nitrogens with zero attached hydrogens (tertiary/aromatic N) is 2. The molecular formula is C18H32Cl3N5O2. The van der Waals surface area contributed by atoms with Gasteiger partial charge < -0.3 is 16.4 Å². The summed E-state index contributed by atoms with van der Waals surface area (Å²) in [5.41, 5.74) is 6.82. The SMILES string of the molecule is CC(C)[C@H](N)C(=O)NCC(=O)NC1CCN(Cc2ccccn2)CC1.Cl.Cl.Cl. The van der Waals surface area contributed by atoms with Crippen LogP contribution in [0.2, 0.25) is 0 Å². The molecule has 1 saturated heterocycles. The molecule has 10 heteroatoms. The first-order valence-electron chi connectivity index (χ1n) is 8.90. The molecule has 1 aromatic heterocycles. The molecule has 2 amide bonds. The molecule has 2 heterocycles. The zero-order valence-electron chi connectivity index (χ0n) is 16.3. The van der Waals surface area contributed by atoms with E-state index in [0.717, 1.165) is 38.2 Å². The van der Waals surface area contributed by atoms with Gasteiger partial charge in [0.15, 0.2) is 0 Å². The van der Waals surface area contributed by atoms with Crippen LogP contribution in [0.4, 0.5) is 0 Å². The van der Waals surface area contributed by atoms with Crippen molar-refractivity contribution in [2.24, 2.45) is 11.7 Å². The Labute approximate surface area is 185 Å². The summed E-state index contributed by atoms with van der Waals surface area (Å²) in [6, 6.07) is 5.51. The summed E-state index contributed by atoms with van der Waals surface area (Å²) in [5, 5.41) is 5.59. The number of aromatic nitrogens is 1. The fraction of sp³-hybridized carbons (Fsp3) is 0.611. The topological polar surface area (TPSA) is 100 Å². The van der Waals surface area contributed by atoms with E-state index in [1.807, 2.05) is 38.2 Å². The second kappa shape index (κ2) is 14.8. The van der Waals surface area contributed by atoms with Crippen molar-refractivity contribution in [1.29, 1.82) is 0 Å². The van der Waals surface area contributed by atoms with Crippen LogP contribution in [-0.2, 0) is 16.1 Å². The number of pyridine rings is 1. The summed E-state index contributed by atoms with van der Waals surface area (Å²) in [6.45, 7) is 6.42. The molecule has 1 aliphatic heterocycles. The number of hydrogen-bond donors (Lipinski definition) is 3. The summed E-state index contributed by atoms with van der Waals surface area (Å²) in [5.74, 6) is -0.394. The fourth-order valence-corrected chi connectivity index (χ4v) is 2.82. The van der Waals surface area contributed by atoms with Crippen LogP contribution in [0, 0.1) is 5.92 Å². The van der Waals surface area contributed by atoms with Gasteiger partial charge >= 0.3 is 0 Å². The first kappa shape index (κ1) is 29.1. The number of amides is 2. The third kappa shape index (κ3) is 9.89. The first-order chi connectivity index (χ1) is 12.0. The summed E-state index contributed by atoms with van der Waals surface area (Å²) in [6.07, 6.45) is 3.61. The lowest BCUT2D eigenvalue weighted by Gasteiger charge is -2.32. The number of likely N-dealkylation sites (tertiary alicyclic amines) is 1. The van der Waals surface area contributed by atoms with Crippen molar-refractivity contribution in [3.8, 4) is 0 Å². The molecule has 0 aliphatic carbocycles. The Morgan fingerprint density at radius 2 is 1.86 bits per heavy atom. The van der Waals surface area contributed by atoms with Crippen LogP contribution in [0.5, 0.6) is 0 Å². The number of halogens is 3. The van der Waals surface area contributed by atoms with E-state index in [-0.39, 0.29) is 67.5 Å². The van der Waals surface area contributed by atoms with Gasteiger partial charge in [0, 0.05) is 31.9 Å². The average molecular weight is 457 g/mol. The minimum absolute atomic E-state index is 0. The van der Waals surface area contributed by atoms with Gasteiger partial charge in [0.2, 0.25) is 11.8 Å². The van der Waals surface area contributed by atoms with Crippen molar-refractivity contribution in [3.63, 3.8) is 0 Å². The zero-order valence-corrected chi connectivity index (χ0v) is 18.7. The molecule has 0 spiro atoms. The van der Waals surface area contributed by atoms with Crippen molar-refractivity contribution >= 4 is 49.0 Å². The summed E-state index contributed by atoms with van der Waals surface area (Å²) >= 11 is 0. The molecule has 2 rings (SSSR count). The van der Waals surface area contributed by atoms with Gasteiger partial charge in [0.1, 0.15) is 0 Å². The van der Waals surface area contributed by atoms with Crippen molar-refractivity contribution in [2.45, 2.75) is 45.3 Å². The van der Waals surface area contributed by atoms with E-state index in [1.165, 1.54) is 0 Å². The fourth-order valence-electron chi connectivity index (χ4n) is 2.82. The number of nitrogens with one attached hydrogen (secondary N) is 2. The number of carbonyl (C=O) groups excluding carboxylic acids is 2. The predicted octanol–water partition coefficient (Wildman–Crippen LogP) is 1.53. The molecule has 28 heavy (non-hydrogen) atoms. The van der Waals surface area contributed by atoms with Crippen LogP contribution in [0.3, 0.4) is 0 Å². The standard InChI is InChI=1S/C18H29N5O2.3ClH/c1-13(2)17(19)18(25)21-11-16(24)22-14-6-9-23(10-7-14)12-15-5-3-4-8-20-15;;;/h3-5,8,13-14,17H,6-7,9-12,19H2,1-2H3,(H,21,25)(H,22,24);3*1H/t17-;;;/m0.../s1. The van der Waals surface area contributed by atoms with E-state index in [1.54, 1.807) is 0 Å². The lowest BCUT2D eigenvalue weighted by atomic mass is 10.0. The second-order valence-corrected chi connectivity index (χ2v) is 6.93. The summed E-state index contributed by atoms with van der Waals surface area (Å²) in [4.78, 5) is 30.4. The molecule has 7 nitrogen and oxygen atoms in total. The Kier molecular flexibility index (Phi) is 15.4. The minimum Gasteiger partial charge on any atom is -0.352 e. The Morgan fingerprint density at radius 1 is 1.21 bits per heavy atom. The first-order valence-corrected chi connectivity index (χ1v) is 8.90. The van der Waals surface area contributed by atoms with E-state index in [2.05, 4.69) is 20.5 Å². The molecule has 1 aliphatic rings. The highest BCUT2D eigenvalue weighted by Gasteiger charge is 2.22. The van der Waals surface area contributed by atoms with Crippen molar-refractivity contribution in [2.75, 3.05) is 19.6 Å². The predicted molar refractivity (Wildman–Crippen MR) is 118 cm³/mol. The number of hydrogen-bond acceptors (Lipinski definition) is 5. The molecule has 0 aromatic carbocycles. The minimum atomic E-state index is -0.581. The van der Waals surface area contributed by atoms with Gasteiger partial charge in [-0.2, -0.15) is 0 Å². The van der Waals surface area contributed by atoms with E-state index in [0.29, 0.717) is 0 Å². The smallest absolute Gasteiger partial charge is 0.239 e. The van der Waals surface area contributed by atoms with Gasteiger partial charge in [-0.05, 0) is 30.9 Å². The van der Waals surface area contributed by atoms with E-state index < -0.39 is 6.04 Å². The lowest BCUT2D eigenvalue weighted by molar-refractivity contribution is -0.127. The Bertz CT molecular complexity index is 570. The second-order valence-electron chi connectivity index (χ2n) is 6.93. The van der Waals surface area contributed by atoms with Crippen LogP contribution in [0.25, 0.3) is 0 Å². The average Bonchev–Trinajstić information content (AvgIpc) is 2.61. The van der Waals surface area contributed by atoms with Gasteiger partial charge in [-0.3, -0.25) is 19.5 Å². The molecule has 1 aromatic rings. The maximum Gasteiger partial charge on any atom is 0.239 e. The van der Waals surface area contributed by atoms with Gasteiger partial charge in [-0.25, -0.2) is 0 Å². The van der Waals surface area contributed by atoms with Crippen LogP contribution in [0.15, 0.2) is 24.4 Å². The van der Waals surface area contributed by atoms with Gasteiger partial charge in [-0.15, -0.1) is 37.2 Å². The molecule has 0 bridgehead atoms. The third-order valence-corrected chi connectivity index (χ3v) is 4.51. The van der Waals surface area contributed by atoms with Gasteiger partial charge in [0.05, 0.1) is 18.3 Å². The van der Waals surface area contributed by atoms with Gasteiger partial charge in [-0.1, -0.05) is 19.9 Å². The number of carbonyl (C=O) groups is 2. The highest BCUT2D eigenvalue weighted by Crippen LogP contribution is 2.12. The van der Waals surface area contributed by atoms with Crippen LogP contribution in [-0.4, -0.2) is 53.4 Å². The molecule has 4 N–H and O–H groups in total.